The van der Waals surface area contributed by atoms with Crippen LogP contribution in [-0.4, -0.2) is 11.3 Å². The maximum Gasteiger partial charge on any atom is 0.229 e. The number of hydrogen-bond acceptors (Lipinski definition) is 4. The van der Waals surface area contributed by atoms with Crippen LogP contribution in [0.2, 0.25) is 0 Å². The van der Waals surface area contributed by atoms with Crippen molar-refractivity contribution in [2.45, 2.75) is 0 Å². The van der Waals surface area contributed by atoms with E-state index in [1.165, 1.54) is 0 Å². The molecule has 0 fully saturated rings. The maximum absolute atomic E-state index is 10.8. The third-order valence-electron chi connectivity index (χ3n) is 2.13. The van der Waals surface area contributed by atoms with Crippen LogP contribution in [0, 0.1) is 11.3 Å². The fourth-order valence-electron chi connectivity index (χ4n) is 1.29. The van der Waals surface area contributed by atoms with E-state index in [4.69, 9.17) is 10.00 Å². The molecule has 0 saturated carbocycles. The summed E-state index contributed by atoms with van der Waals surface area (Å²) < 4.78 is 5.45. The van der Waals surface area contributed by atoms with Crippen LogP contribution in [-0.2, 0) is 0 Å². The minimum atomic E-state index is 0.257. The molecule has 4 nitrogen and oxygen atoms in total. The average molecular weight is 224 g/mol. The Balaban J connectivity index is 2.25. The zero-order valence-electron chi connectivity index (χ0n) is 8.83. The number of nitrogens with zero attached hydrogens (tertiary/aromatic N) is 2. The molecule has 0 saturated heterocycles. The Bertz CT molecular complexity index is 571. The summed E-state index contributed by atoms with van der Waals surface area (Å²) in [4.78, 5) is 14.7. The zero-order valence-corrected chi connectivity index (χ0v) is 8.83. The van der Waals surface area contributed by atoms with Gasteiger partial charge in [-0.05, 0) is 36.4 Å². The first-order chi connectivity index (χ1) is 8.33. The topological polar surface area (TPSA) is 63.0 Å². The molecule has 1 aromatic carbocycles. The van der Waals surface area contributed by atoms with Gasteiger partial charge in [0.15, 0.2) is 6.29 Å². The lowest BCUT2D eigenvalue weighted by Gasteiger charge is -2.05. The van der Waals surface area contributed by atoms with E-state index in [1.807, 2.05) is 6.07 Å². The van der Waals surface area contributed by atoms with Crippen LogP contribution in [0.1, 0.15) is 15.9 Å². The summed E-state index contributed by atoms with van der Waals surface area (Å²) in [6.07, 6.45) is 2.23. The van der Waals surface area contributed by atoms with Crippen LogP contribution in [0.25, 0.3) is 0 Å². The molecular weight excluding hydrogens is 216 g/mol. The highest BCUT2D eigenvalue weighted by Crippen LogP contribution is 2.21. The fourth-order valence-corrected chi connectivity index (χ4v) is 1.29. The molecule has 0 radical (unpaired) electrons. The number of carbonyl (C=O) groups excluding carboxylic acids is 1. The number of aromatic nitrogens is 1. The van der Waals surface area contributed by atoms with Gasteiger partial charge in [-0.1, -0.05) is 0 Å². The van der Waals surface area contributed by atoms with Crippen molar-refractivity contribution in [3.63, 3.8) is 0 Å². The minimum absolute atomic E-state index is 0.257. The number of rotatable bonds is 3. The van der Waals surface area contributed by atoms with Crippen molar-refractivity contribution < 1.29 is 9.53 Å². The van der Waals surface area contributed by atoms with Crippen LogP contribution in [0.3, 0.4) is 0 Å². The minimum Gasteiger partial charge on any atom is -0.438 e. The maximum atomic E-state index is 10.8. The van der Waals surface area contributed by atoms with Gasteiger partial charge in [-0.15, -0.1) is 0 Å². The van der Waals surface area contributed by atoms with E-state index in [0.717, 1.165) is 0 Å². The third-order valence-corrected chi connectivity index (χ3v) is 2.13. The molecule has 1 heterocycles. The second-order valence-electron chi connectivity index (χ2n) is 3.25. The van der Waals surface area contributed by atoms with Gasteiger partial charge in [0.05, 0.1) is 17.2 Å². The van der Waals surface area contributed by atoms with Gasteiger partial charge in [0.2, 0.25) is 5.88 Å². The van der Waals surface area contributed by atoms with Gasteiger partial charge in [0.25, 0.3) is 0 Å². The molecule has 82 valence electrons. The monoisotopic (exact) mass is 224 g/mol. The second-order valence-corrected chi connectivity index (χ2v) is 3.25. The number of pyridine rings is 1. The number of aldehydes is 1. The lowest BCUT2D eigenvalue weighted by molar-refractivity contribution is 0.112. The van der Waals surface area contributed by atoms with Gasteiger partial charge >= 0.3 is 0 Å². The third kappa shape index (κ3) is 2.47. The van der Waals surface area contributed by atoms with Crippen molar-refractivity contribution in [3.05, 3.63) is 53.7 Å². The average Bonchev–Trinajstić information content (AvgIpc) is 2.40. The summed E-state index contributed by atoms with van der Waals surface area (Å²) >= 11 is 0. The Morgan fingerprint density at radius 1 is 1.24 bits per heavy atom. The number of benzene rings is 1. The fraction of sp³-hybridized carbons (Fsp3) is 0. The summed E-state index contributed by atoms with van der Waals surface area (Å²) in [5, 5.41) is 8.65. The van der Waals surface area contributed by atoms with Crippen LogP contribution < -0.4 is 4.74 Å². The Kier molecular flexibility index (Phi) is 3.13. The van der Waals surface area contributed by atoms with Gasteiger partial charge < -0.3 is 4.74 Å². The van der Waals surface area contributed by atoms with Crippen molar-refractivity contribution in [1.29, 1.82) is 5.26 Å². The first-order valence-electron chi connectivity index (χ1n) is 4.91. The van der Waals surface area contributed by atoms with Gasteiger partial charge in [-0.2, -0.15) is 5.26 Å². The molecule has 0 aliphatic carbocycles. The number of nitriles is 1. The van der Waals surface area contributed by atoms with Gasteiger partial charge in [-0.3, -0.25) is 4.79 Å². The molecule has 2 rings (SSSR count). The standard InChI is InChI=1S/C13H8N2O2/c14-8-10-3-5-12(6-4-10)17-13-11(9-16)2-1-7-15-13/h1-7,9H. The lowest BCUT2D eigenvalue weighted by atomic mass is 10.2. The van der Waals surface area contributed by atoms with Crippen LogP contribution >= 0.6 is 0 Å². The molecule has 0 spiro atoms. The largest absolute Gasteiger partial charge is 0.438 e. The highest BCUT2D eigenvalue weighted by atomic mass is 16.5. The molecule has 0 N–H and O–H groups in total. The lowest BCUT2D eigenvalue weighted by Crippen LogP contribution is -1.92. The van der Waals surface area contributed by atoms with E-state index in [9.17, 15) is 4.79 Å². The molecule has 17 heavy (non-hydrogen) atoms. The van der Waals surface area contributed by atoms with Crippen molar-refractivity contribution in [2.75, 3.05) is 0 Å². The van der Waals surface area contributed by atoms with E-state index in [2.05, 4.69) is 4.98 Å². The normalized spacial score (nSPS) is 9.35. The Labute approximate surface area is 98.1 Å². The predicted molar refractivity (Wildman–Crippen MR) is 60.9 cm³/mol. The molecule has 4 heteroatoms. The van der Waals surface area contributed by atoms with Crippen LogP contribution in [0.5, 0.6) is 11.6 Å². The number of carbonyl (C=O) groups is 1. The van der Waals surface area contributed by atoms with Gasteiger partial charge in [-0.25, -0.2) is 4.98 Å². The summed E-state index contributed by atoms with van der Waals surface area (Å²) in [5.41, 5.74) is 0.936. The molecule has 0 atom stereocenters. The molecular formula is C13H8N2O2. The molecule has 2 aromatic rings. The van der Waals surface area contributed by atoms with Crippen molar-refractivity contribution in [3.8, 4) is 17.7 Å². The Morgan fingerprint density at radius 2 is 2.00 bits per heavy atom. The zero-order chi connectivity index (χ0) is 12.1. The summed E-state index contributed by atoms with van der Waals surface area (Å²) in [6, 6.07) is 11.9. The quantitative estimate of drug-likeness (QED) is 0.751. The molecule has 0 amide bonds. The van der Waals surface area contributed by atoms with E-state index in [0.29, 0.717) is 23.2 Å². The van der Waals surface area contributed by atoms with Crippen LogP contribution in [0.15, 0.2) is 42.6 Å². The first kappa shape index (κ1) is 10.8. The van der Waals surface area contributed by atoms with Crippen molar-refractivity contribution >= 4 is 6.29 Å². The highest BCUT2D eigenvalue weighted by Gasteiger charge is 2.04. The summed E-state index contributed by atoms with van der Waals surface area (Å²) in [7, 11) is 0. The predicted octanol–water partition coefficient (Wildman–Crippen LogP) is 2.56. The number of ether oxygens (including phenoxy) is 1. The molecule has 0 aliphatic rings. The van der Waals surface area contributed by atoms with E-state index < -0.39 is 0 Å². The van der Waals surface area contributed by atoms with Gasteiger partial charge in [0.1, 0.15) is 5.75 Å². The molecule has 0 aliphatic heterocycles. The SMILES string of the molecule is N#Cc1ccc(Oc2ncccc2C=O)cc1. The van der Waals surface area contributed by atoms with Crippen molar-refractivity contribution in [1.82, 2.24) is 4.98 Å². The van der Waals surface area contributed by atoms with Crippen molar-refractivity contribution in [2.24, 2.45) is 0 Å². The Hall–Kier alpha value is -2.67. The molecule has 0 bridgehead atoms. The smallest absolute Gasteiger partial charge is 0.229 e. The molecule has 1 aromatic heterocycles. The Morgan fingerprint density at radius 3 is 2.65 bits per heavy atom. The van der Waals surface area contributed by atoms with E-state index in [1.54, 1.807) is 42.6 Å². The second kappa shape index (κ2) is 4.90. The highest BCUT2D eigenvalue weighted by molar-refractivity contribution is 5.78. The van der Waals surface area contributed by atoms with Crippen LogP contribution in [0.4, 0.5) is 0 Å². The van der Waals surface area contributed by atoms with E-state index >= 15 is 0 Å². The van der Waals surface area contributed by atoms with E-state index in [-0.39, 0.29) is 5.88 Å². The first-order valence-corrected chi connectivity index (χ1v) is 4.91. The van der Waals surface area contributed by atoms with Gasteiger partial charge in [0, 0.05) is 6.20 Å². The summed E-state index contributed by atoms with van der Waals surface area (Å²) in [5.74, 6) is 0.790. The summed E-state index contributed by atoms with van der Waals surface area (Å²) in [6.45, 7) is 0. The molecule has 0 unspecified atom stereocenters. The number of hydrogen-bond donors (Lipinski definition) is 0.